The predicted octanol–water partition coefficient (Wildman–Crippen LogP) is 1.80. The van der Waals surface area contributed by atoms with Crippen molar-refractivity contribution in [3.8, 4) is 11.1 Å². The number of rotatable bonds is 4. The van der Waals surface area contributed by atoms with E-state index in [0.29, 0.717) is 3.63 Å². The van der Waals surface area contributed by atoms with E-state index in [1.165, 1.54) is 28.7 Å². The molecule has 0 aliphatic heterocycles. The summed E-state index contributed by atoms with van der Waals surface area (Å²) in [5.41, 5.74) is 9.07. The van der Waals surface area contributed by atoms with Gasteiger partial charge in [0.1, 0.15) is 0 Å². The molecular weight excluding hydrogens is 531 g/mol. The molecule has 0 aromatic heterocycles. The largest absolute Gasteiger partial charge is 1.00 e. The molecule has 5 heteroatoms. The first-order valence-corrected chi connectivity index (χ1v) is 20.5. The van der Waals surface area contributed by atoms with E-state index in [1.807, 2.05) is 8.48 Å². The third-order valence-corrected chi connectivity index (χ3v) is 15.5. The number of benzene rings is 2. The van der Waals surface area contributed by atoms with Gasteiger partial charge in [-0.25, -0.2) is 0 Å². The van der Waals surface area contributed by atoms with Gasteiger partial charge in [0, 0.05) is 0 Å². The quantitative estimate of drug-likeness (QED) is 0.497. The maximum absolute atomic E-state index is 2.69. The van der Waals surface area contributed by atoms with Crippen molar-refractivity contribution in [3.05, 3.63) is 78.4 Å². The van der Waals surface area contributed by atoms with E-state index in [-0.39, 0.29) is 24.8 Å². The number of hydrogen-bond acceptors (Lipinski definition) is 0. The van der Waals surface area contributed by atoms with Crippen LogP contribution in [0.5, 0.6) is 0 Å². The molecule has 0 amide bonds. The predicted molar refractivity (Wildman–Crippen MR) is 130 cm³/mol. The average molecular weight is 565 g/mol. The van der Waals surface area contributed by atoms with Crippen LogP contribution in [-0.4, -0.2) is 16.1 Å². The second kappa shape index (κ2) is 9.59. The van der Waals surface area contributed by atoms with E-state index in [0.717, 1.165) is 0 Å². The fourth-order valence-electron chi connectivity index (χ4n) is 4.71. The minimum Gasteiger partial charge on any atom is -1.00 e. The third-order valence-electron chi connectivity index (χ3n) is 6.43. The van der Waals surface area contributed by atoms with Crippen LogP contribution in [0.3, 0.4) is 0 Å². The van der Waals surface area contributed by atoms with Crippen molar-refractivity contribution in [1.29, 1.82) is 0 Å². The van der Waals surface area contributed by atoms with Gasteiger partial charge < -0.3 is 24.8 Å². The van der Waals surface area contributed by atoms with Crippen molar-refractivity contribution in [1.82, 2.24) is 0 Å². The standard InChI is InChI=1S/C15H13.C11H21Si2.2ClH.Zr/c1-10-3-5-14-12(7-10)9-13-8-11(2)4-6-15(13)14;1-12(2,3)10-7-8-11(9-10)13(4,5)6;;;/h3-9H,1-2H3;9H,7H2,1-6H3;2*1H;/q;;;;+2/p-2. The first kappa shape index (κ1) is 27.1. The van der Waals surface area contributed by atoms with E-state index in [2.05, 4.69) is 95.6 Å². The first-order chi connectivity index (χ1) is 13.4. The molecule has 2 aliphatic rings. The Hall–Kier alpha value is -0.183. The van der Waals surface area contributed by atoms with Gasteiger partial charge in [0.25, 0.3) is 0 Å². The van der Waals surface area contributed by atoms with Crippen LogP contribution in [-0.2, 0) is 23.2 Å². The summed E-state index contributed by atoms with van der Waals surface area (Å²) in [4.78, 5) is 0. The molecule has 2 aromatic rings. The molecule has 164 valence electrons. The van der Waals surface area contributed by atoms with Crippen molar-refractivity contribution in [2.75, 3.05) is 0 Å². The molecule has 0 saturated heterocycles. The molecule has 0 N–H and O–H groups in total. The minimum absolute atomic E-state index is 0. The van der Waals surface area contributed by atoms with Crippen molar-refractivity contribution >= 4 is 16.1 Å². The fraction of sp³-hybridized carbons (Fsp3) is 0.385. The van der Waals surface area contributed by atoms with Crippen LogP contribution in [0, 0.1) is 13.8 Å². The van der Waals surface area contributed by atoms with Gasteiger partial charge in [0.15, 0.2) is 0 Å². The van der Waals surface area contributed by atoms with Gasteiger partial charge in [-0.15, -0.1) is 0 Å². The molecule has 0 nitrogen and oxygen atoms in total. The van der Waals surface area contributed by atoms with Crippen LogP contribution in [0.15, 0.2) is 56.1 Å². The monoisotopic (exact) mass is 562 g/mol. The molecule has 31 heavy (non-hydrogen) atoms. The number of halogens is 2. The summed E-state index contributed by atoms with van der Waals surface area (Å²) in [6.45, 7) is 19.8. The molecule has 0 unspecified atom stereocenters. The molecule has 0 atom stereocenters. The maximum atomic E-state index is 2.69. The van der Waals surface area contributed by atoms with Crippen molar-refractivity contribution < 1.29 is 48.0 Å². The van der Waals surface area contributed by atoms with Crippen molar-refractivity contribution in [2.24, 2.45) is 0 Å². The van der Waals surface area contributed by atoms with Gasteiger partial charge in [0.05, 0.1) is 0 Å². The maximum Gasteiger partial charge on any atom is -1.00 e. The van der Waals surface area contributed by atoms with Crippen LogP contribution in [0.4, 0.5) is 0 Å². The van der Waals surface area contributed by atoms with E-state index in [1.54, 1.807) is 16.3 Å². The van der Waals surface area contributed by atoms with Gasteiger partial charge in [-0.3, -0.25) is 0 Å². The van der Waals surface area contributed by atoms with Crippen LogP contribution < -0.4 is 24.8 Å². The number of hydrogen-bond donors (Lipinski definition) is 0. The molecule has 4 rings (SSSR count). The Labute approximate surface area is 215 Å². The number of fused-ring (bicyclic) bond motifs is 3. The molecule has 2 aliphatic carbocycles. The smallest absolute Gasteiger partial charge is 1.00 e. The normalized spacial score (nSPS) is 15.5. The molecule has 2 aromatic carbocycles. The van der Waals surface area contributed by atoms with E-state index < -0.39 is 39.4 Å². The molecule has 0 spiro atoms. The van der Waals surface area contributed by atoms with E-state index in [4.69, 9.17) is 0 Å². The first-order valence-electron chi connectivity index (χ1n) is 10.9. The average Bonchev–Trinajstić information content (AvgIpc) is 3.15. The van der Waals surface area contributed by atoms with Crippen LogP contribution in [0.1, 0.15) is 32.3 Å². The third kappa shape index (κ3) is 5.33. The van der Waals surface area contributed by atoms with Gasteiger partial charge in [-0.2, -0.15) is 0 Å². The Morgan fingerprint density at radius 1 is 0.742 bits per heavy atom. The molecule has 0 radical (unpaired) electrons. The van der Waals surface area contributed by atoms with Crippen molar-refractivity contribution in [2.45, 2.75) is 63.2 Å². The molecular formula is C26H34Cl2Si2Zr. The number of aryl methyl sites for hydroxylation is 2. The van der Waals surface area contributed by atoms with E-state index >= 15 is 0 Å². The zero-order valence-corrected chi connectivity index (χ0v) is 26.1. The topological polar surface area (TPSA) is 0 Å². The minimum atomic E-state index is -1.32. The summed E-state index contributed by atoms with van der Waals surface area (Å²) >= 11 is -0.778. The van der Waals surface area contributed by atoms with Gasteiger partial charge in [-0.05, 0) is 0 Å². The molecule has 0 bridgehead atoms. The Kier molecular flexibility index (Phi) is 8.37. The SMILES string of the molecule is Cc1ccc2c(c1)[CH]([Zr+2][C]1=C([Si](C)(C)C)C=C([Si](C)(C)C)C1)c1cc(C)ccc1-2.[Cl-].[Cl-]. The van der Waals surface area contributed by atoms with Crippen LogP contribution in [0.2, 0.25) is 39.3 Å². The van der Waals surface area contributed by atoms with Crippen LogP contribution in [0.25, 0.3) is 11.1 Å². The Morgan fingerprint density at radius 2 is 1.23 bits per heavy atom. The Bertz CT molecular complexity index is 1000. The zero-order chi connectivity index (χ0) is 21.1. The molecule has 0 saturated carbocycles. The fourth-order valence-corrected chi connectivity index (χ4v) is 15.4. The van der Waals surface area contributed by atoms with Gasteiger partial charge in [-0.1, -0.05) is 0 Å². The second-order valence-corrected chi connectivity index (χ2v) is 24.8. The second-order valence-electron chi connectivity index (χ2n) is 11.0. The van der Waals surface area contributed by atoms with Gasteiger partial charge in [0.2, 0.25) is 0 Å². The van der Waals surface area contributed by atoms with E-state index in [9.17, 15) is 0 Å². The Morgan fingerprint density at radius 3 is 1.65 bits per heavy atom. The summed E-state index contributed by atoms with van der Waals surface area (Å²) in [7, 11) is -2.55. The summed E-state index contributed by atoms with van der Waals surface area (Å²) in [6, 6.07) is 14.3. The van der Waals surface area contributed by atoms with Gasteiger partial charge >= 0.3 is 192 Å². The number of allylic oxidation sites excluding steroid dienone is 4. The summed E-state index contributed by atoms with van der Waals surface area (Å²) in [5, 5.41) is 3.62. The summed E-state index contributed by atoms with van der Waals surface area (Å²) in [6.07, 6.45) is 4.00. The summed E-state index contributed by atoms with van der Waals surface area (Å²) < 4.78 is 2.59. The zero-order valence-electron chi connectivity index (χ0n) is 20.1. The summed E-state index contributed by atoms with van der Waals surface area (Å²) in [5.74, 6) is 0. The van der Waals surface area contributed by atoms with Crippen molar-refractivity contribution in [3.63, 3.8) is 0 Å². The van der Waals surface area contributed by atoms with Crippen LogP contribution >= 0.6 is 0 Å². The molecule has 0 heterocycles. The molecule has 0 fully saturated rings. The Balaban J connectivity index is 0.00000171.